The summed E-state index contributed by atoms with van der Waals surface area (Å²) in [7, 11) is 0. The van der Waals surface area contributed by atoms with E-state index in [9.17, 15) is 9.59 Å². The molecule has 1 aromatic rings. The van der Waals surface area contributed by atoms with Crippen molar-refractivity contribution in [2.24, 2.45) is 5.10 Å². The molecule has 1 aromatic carbocycles. The van der Waals surface area contributed by atoms with Crippen LogP contribution in [0, 0.1) is 13.0 Å². The smallest absolute Gasteiger partial charge is 0.330 e. The number of nitrogens with one attached hydrogen (secondary N) is 1. The normalized spacial score (nSPS) is 13.5. The maximum absolute atomic E-state index is 11.6. The van der Waals surface area contributed by atoms with Crippen LogP contribution in [0.4, 0.5) is 5.69 Å². The number of hydrazone groups is 1. The van der Waals surface area contributed by atoms with Crippen LogP contribution in [0.25, 0.3) is 0 Å². The Morgan fingerprint density at radius 3 is 2.38 bits per heavy atom. The van der Waals surface area contributed by atoms with Gasteiger partial charge in [0.15, 0.2) is 0 Å². The average molecular weight is 569 g/mol. The molecule has 0 unspecified atom stereocenters. The average Bonchev–Trinajstić information content (AvgIpc) is 2.50. The Morgan fingerprint density at radius 1 is 1.33 bits per heavy atom. The van der Waals surface area contributed by atoms with Gasteiger partial charge in [-0.2, -0.15) is 6.08 Å². The van der Waals surface area contributed by atoms with Gasteiger partial charge in [0.1, 0.15) is 0 Å². The number of carboxylic acid groups (broad SMARTS) is 1. The second kappa shape index (κ2) is 13.1. The molecule has 123 valence electrons. The van der Waals surface area contributed by atoms with E-state index in [4.69, 9.17) is 5.11 Å². The number of para-hydroxylation sites is 1. The van der Waals surface area contributed by atoms with Crippen molar-refractivity contribution in [2.45, 2.75) is 6.92 Å². The third-order valence-corrected chi connectivity index (χ3v) is 2.45. The predicted molar refractivity (Wildman–Crippen MR) is 86.2 cm³/mol. The number of carbonyl (C=O) groups excluding carboxylic acids is 1. The van der Waals surface area contributed by atoms with E-state index in [1.807, 2.05) is 30.3 Å². The zero-order valence-electron chi connectivity index (χ0n) is 13.2. The van der Waals surface area contributed by atoms with Gasteiger partial charge < -0.3 is 9.90 Å². The van der Waals surface area contributed by atoms with Gasteiger partial charge in [-0.15, -0.1) is 0 Å². The number of carboxylic acids is 1. The number of allylic oxidation sites excluding steroid dienone is 4. The number of rotatable bonds is 3. The summed E-state index contributed by atoms with van der Waals surface area (Å²) in [5.74, 6) is -1.11. The van der Waals surface area contributed by atoms with Crippen LogP contribution in [0.1, 0.15) is 6.92 Å². The van der Waals surface area contributed by atoms with Crippen molar-refractivity contribution in [2.75, 3.05) is 5.43 Å². The summed E-state index contributed by atoms with van der Waals surface area (Å²) in [6.45, 7) is 8.21. The molecule has 5 nitrogen and oxygen atoms in total. The Labute approximate surface area is 181 Å². The molecule has 0 amide bonds. The van der Waals surface area contributed by atoms with Gasteiger partial charge in [0.2, 0.25) is 0 Å². The largest absolute Gasteiger partial charge is 0.478 e. The Balaban J connectivity index is 0. The number of nitrogens with zero attached hydrogens (tertiary/aromatic N) is 1. The van der Waals surface area contributed by atoms with Crippen LogP contribution in [-0.4, -0.2) is 22.6 Å². The molecule has 0 saturated carbocycles. The molecule has 1 radical (unpaired) electrons. The summed E-state index contributed by atoms with van der Waals surface area (Å²) < 4.78 is 0. The second-order valence-electron chi connectivity index (χ2n) is 4.37. The van der Waals surface area contributed by atoms with E-state index >= 15 is 0 Å². The first-order valence-electron chi connectivity index (χ1n) is 6.35. The van der Waals surface area contributed by atoms with Gasteiger partial charge in [0.25, 0.3) is 0 Å². The predicted octanol–water partition coefficient (Wildman–Crippen LogP) is 2.80. The number of aliphatic carboxylic acids is 1. The zero-order chi connectivity index (χ0) is 16.5. The number of hydrogen-bond donors (Lipinski definition) is 2. The third-order valence-electron chi connectivity index (χ3n) is 2.45. The standard InChI is InChI=1S/C13H10N2O.C4H6O2.W.Y/c1-10-6-5-9-12(13(10)16)15-14-11-7-3-2-4-8-11;1-3(2)4(5)6;;/h2-4,6-9,14H,1H2;1H2,2H3,(H,5,6);;/q-2;;;/b15-12-;;;. The molecule has 0 bridgehead atoms. The summed E-state index contributed by atoms with van der Waals surface area (Å²) >= 11 is 0. The van der Waals surface area contributed by atoms with E-state index in [1.54, 1.807) is 6.08 Å². The van der Waals surface area contributed by atoms with E-state index in [0.717, 1.165) is 5.69 Å². The van der Waals surface area contributed by atoms with Crippen molar-refractivity contribution in [3.8, 4) is 0 Å². The molecule has 2 N–H and O–H groups in total. The third kappa shape index (κ3) is 9.12. The molecular weight excluding hydrogens is 553 g/mol. The van der Waals surface area contributed by atoms with Crippen molar-refractivity contribution in [3.63, 3.8) is 0 Å². The van der Waals surface area contributed by atoms with Crippen LogP contribution >= 0.6 is 0 Å². The summed E-state index contributed by atoms with van der Waals surface area (Å²) in [4.78, 5) is 21.2. The van der Waals surface area contributed by atoms with Crippen molar-refractivity contribution >= 4 is 23.2 Å². The number of carbonyl (C=O) groups is 2. The summed E-state index contributed by atoms with van der Waals surface area (Å²) in [5.41, 5.74) is 4.53. The molecule has 1 aliphatic rings. The molecule has 0 atom stereocenters. The van der Waals surface area contributed by atoms with Crippen LogP contribution in [-0.2, 0) is 63.4 Å². The minimum atomic E-state index is -0.935. The van der Waals surface area contributed by atoms with Crippen LogP contribution in [0.3, 0.4) is 0 Å². The first kappa shape index (κ1) is 25.0. The first-order valence-corrected chi connectivity index (χ1v) is 6.35. The molecule has 2 rings (SSSR count). The van der Waals surface area contributed by atoms with Gasteiger partial charge in [-0.05, 0) is 30.6 Å². The summed E-state index contributed by atoms with van der Waals surface area (Å²) in [6.07, 6.45) is 5.89. The first-order chi connectivity index (χ1) is 10.4. The fourth-order valence-electron chi connectivity index (χ4n) is 1.24. The van der Waals surface area contributed by atoms with E-state index in [2.05, 4.69) is 30.1 Å². The second-order valence-corrected chi connectivity index (χ2v) is 4.37. The fourth-order valence-corrected chi connectivity index (χ4v) is 1.24. The minimum Gasteiger partial charge on any atom is -0.478 e. The minimum absolute atomic E-state index is 0. The quantitative estimate of drug-likeness (QED) is 0.254. The summed E-state index contributed by atoms with van der Waals surface area (Å²) in [5, 5.41) is 11.9. The molecule has 1 aliphatic carbocycles. The Bertz CT molecular complexity index is 656. The zero-order valence-corrected chi connectivity index (χ0v) is 18.9. The molecule has 24 heavy (non-hydrogen) atoms. The molecule has 7 heteroatoms. The fraction of sp³-hybridized carbons (Fsp3) is 0.0588. The Hall–Kier alpha value is -1.29. The molecule has 0 saturated heterocycles. The maximum atomic E-state index is 11.6. The van der Waals surface area contributed by atoms with Crippen LogP contribution in [0.2, 0.25) is 0 Å². The van der Waals surface area contributed by atoms with Crippen molar-refractivity contribution in [1.82, 2.24) is 0 Å². The van der Waals surface area contributed by atoms with Crippen LogP contribution < -0.4 is 5.43 Å². The Morgan fingerprint density at radius 2 is 1.88 bits per heavy atom. The number of ketones is 1. The van der Waals surface area contributed by atoms with Crippen LogP contribution in [0.15, 0.2) is 65.3 Å². The number of benzene rings is 1. The molecule has 0 fully saturated rings. The SMILES string of the molecule is C=C(C)C(=O)O.[CH2-]C1=C[C-]=C/C(=N/Nc2ccccc2)C1=O.[W].[Y]. The maximum Gasteiger partial charge on any atom is 0.330 e. The Kier molecular flexibility index (Phi) is 13.6. The van der Waals surface area contributed by atoms with E-state index in [1.165, 1.54) is 13.0 Å². The number of anilines is 1. The van der Waals surface area contributed by atoms with Gasteiger partial charge in [-0.25, -0.2) is 4.79 Å². The van der Waals surface area contributed by atoms with E-state index < -0.39 is 5.97 Å². The monoisotopic (exact) mass is 569 g/mol. The molecule has 0 aromatic heterocycles. The van der Waals surface area contributed by atoms with Gasteiger partial charge in [-0.3, -0.25) is 35.2 Å². The van der Waals surface area contributed by atoms with Gasteiger partial charge >= 0.3 is 5.97 Å². The van der Waals surface area contributed by atoms with Gasteiger partial charge in [-0.1, -0.05) is 24.8 Å². The number of hydrogen-bond acceptors (Lipinski definition) is 4. The van der Waals surface area contributed by atoms with Crippen molar-refractivity contribution < 1.29 is 68.5 Å². The van der Waals surface area contributed by atoms with Crippen molar-refractivity contribution in [1.29, 1.82) is 0 Å². The van der Waals surface area contributed by atoms with Crippen LogP contribution in [0.5, 0.6) is 0 Å². The van der Waals surface area contributed by atoms with Gasteiger partial charge in [0, 0.05) is 59.3 Å². The van der Waals surface area contributed by atoms with Gasteiger partial charge in [0.05, 0.1) is 5.69 Å². The topological polar surface area (TPSA) is 78.8 Å². The van der Waals surface area contributed by atoms with E-state index in [0.29, 0.717) is 11.3 Å². The van der Waals surface area contributed by atoms with E-state index in [-0.39, 0.29) is 65.1 Å². The molecule has 0 spiro atoms. The number of Topliss-reactive ketones (excluding diaryl/α,β-unsaturated/α-hetero) is 1. The van der Waals surface area contributed by atoms with Crippen molar-refractivity contribution in [3.05, 3.63) is 73.2 Å². The summed E-state index contributed by atoms with van der Waals surface area (Å²) in [6, 6.07) is 9.42. The molecule has 0 aliphatic heterocycles. The molecular formula is C17H16N2O3WY-2. The molecule has 0 heterocycles.